The molecule has 28 heavy (non-hydrogen) atoms. The standard InChI is InChI=1S/C23H25N3O2/c1-16-6-4-7-17(2)23(16)24-21(27)15-25-14-20(26-13-5-8-22(25)26)18-9-11-19(28-3)12-10-18/h4,6-7,9-12,14H,5,8,13,15H2,1-3H3/p+1. The molecule has 144 valence electrons. The molecule has 0 bridgehead atoms. The predicted molar refractivity (Wildman–Crippen MR) is 109 cm³/mol. The lowest BCUT2D eigenvalue weighted by molar-refractivity contribution is -0.690. The largest absolute Gasteiger partial charge is 0.497 e. The first kappa shape index (κ1) is 18.3. The van der Waals surface area contributed by atoms with Crippen molar-refractivity contribution in [3.05, 3.63) is 65.6 Å². The van der Waals surface area contributed by atoms with Crippen LogP contribution in [0.1, 0.15) is 23.4 Å². The van der Waals surface area contributed by atoms with Gasteiger partial charge in [-0.1, -0.05) is 18.2 Å². The second-order valence-corrected chi connectivity index (χ2v) is 7.36. The van der Waals surface area contributed by atoms with Crippen molar-refractivity contribution in [1.82, 2.24) is 4.57 Å². The first-order valence-electron chi connectivity index (χ1n) is 9.69. The molecule has 0 unspecified atom stereocenters. The van der Waals surface area contributed by atoms with Crippen LogP contribution in [0.5, 0.6) is 5.75 Å². The van der Waals surface area contributed by atoms with Gasteiger partial charge in [-0.05, 0) is 55.7 Å². The second-order valence-electron chi connectivity index (χ2n) is 7.36. The molecule has 1 aliphatic heterocycles. The van der Waals surface area contributed by atoms with Crippen LogP contribution in [-0.4, -0.2) is 17.6 Å². The molecule has 5 nitrogen and oxygen atoms in total. The number of methoxy groups -OCH3 is 1. The molecule has 1 N–H and O–H groups in total. The van der Waals surface area contributed by atoms with Crippen LogP contribution in [0.4, 0.5) is 5.69 Å². The number of amides is 1. The number of hydrogen-bond acceptors (Lipinski definition) is 2. The number of carbonyl (C=O) groups excluding carboxylic acids is 1. The maximum Gasteiger partial charge on any atom is 0.266 e. The Bertz CT molecular complexity index is 999. The van der Waals surface area contributed by atoms with Gasteiger partial charge in [0.25, 0.3) is 11.7 Å². The highest BCUT2D eigenvalue weighted by Gasteiger charge is 2.29. The average Bonchev–Trinajstić information content (AvgIpc) is 3.29. The van der Waals surface area contributed by atoms with Crippen molar-refractivity contribution in [2.24, 2.45) is 0 Å². The van der Waals surface area contributed by atoms with Crippen LogP contribution in [0.15, 0.2) is 48.7 Å². The maximum atomic E-state index is 12.8. The van der Waals surface area contributed by atoms with E-state index in [4.69, 9.17) is 4.74 Å². The summed E-state index contributed by atoms with van der Waals surface area (Å²) in [5, 5.41) is 3.10. The number of nitrogens with zero attached hydrogens (tertiary/aromatic N) is 2. The third kappa shape index (κ3) is 3.40. The first-order valence-corrected chi connectivity index (χ1v) is 9.69. The Morgan fingerprint density at radius 3 is 2.54 bits per heavy atom. The minimum Gasteiger partial charge on any atom is -0.497 e. The highest BCUT2D eigenvalue weighted by Crippen LogP contribution is 2.26. The van der Waals surface area contributed by atoms with Crippen LogP contribution >= 0.6 is 0 Å². The molecular weight excluding hydrogens is 350 g/mol. The Morgan fingerprint density at radius 1 is 1.14 bits per heavy atom. The number of benzene rings is 2. The molecule has 0 saturated carbocycles. The number of aromatic nitrogens is 2. The van der Waals surface area contributed by atoms with Crippen molar-refractivity contribution in [3.8, 4) is 17.0 Å². The fourth-order valence-electron chi connectivity index (χ4n) is 3.98. The van der Waals surface area contributed by atoms with E-state index < -0.39 is 0 Å². The normalized spacial score (nSPS) is 12.7. The zero-order chi connectivity index (χ0) is 19.7. The van der Waals surface area contributed by atoms with Gasteiger partial charge in [0, 0.05) is 11.3 Å². The number of fused-ring (bicyclic) bond motifs is 1. The van der Waals surface area contributed by atoms with Gasteiger partial charge in [-0.2, -0.15) is 0 Å². The van der Waals surface area contributed by atoms with Crippen LogP contribution in [0.25, 0.3) is 11.3 Å². The summed E-state index contributed by atoms with van der Waals surface area (Å²) in [7, 11) is 1.67. The average molecular weight is 376 g/mol. The van der Waals surface area contributed by atoms with Crippen molar-refractivity contribution < 1.29 is 14.1 Å². The summed E-state index contributed by atoms with van der Waals surface area (Å²) in [5.41, 5.74) is 5.37. The van der Waals surface area contributed by atoms with E-state index in [9.17, 15) is 4.79 Å². The summed E-state index contributed by atoms with van der Waals surface area (Å²) in [6, 6.07) is 14.1. The second kappa shape index (κ2) is 7.50. The summed E-state index contributed by atoms with van der Waals surface area (Å²) < 4.78 is 9.69. The number of nitrogens with one attached hydrogen (secondary N) is 1. The summed E-state index contributed by atoms with van der Waals surface area (Å²) >= 11 is 0. The molecule has 0 fully saturated rings. The first-order chi connectivity index (χ1) is 13.6. The number of para-hydroxylation sites is 1. The number of rotatable bonds is 5. The SMILES string of the molecule is COc1ccc(-c2c[n+](CC(=O)Nc3c(C)cccc3C)c3n2CCC3)cc1. The Hall–Kier alpha value is -3.08. The monoisotopic (exact) mass is 376 g/mol. The molecule has 2 heterocycles. The smallest absolute Gasteiger partial charge is 0.266 e. The minimum absolute atomic E-state index is 0.00369. The lowest BCUT2D eigenvalue weighted by Gasteiger charge is -2.10. The molecule has 1 amide bonds. The van der Waals surface area contributed by atoms with Crippen LogP contribution in [-0.2, 0) is 24.3 Å². The van der Waals surface area contributed by atoms with Crippen molar-refractivity contribution >= 4 is 11.6 Å². The minimum atomic E-state index is 0.00369. The van der Waals surface area contributed by atoms with E-state index in [0.29, 0.717) is 6.54 Å². The fourth-order valence-corrected chi connectivity index (χ4v) is 3.98. The van der Waals surface area contributed by atoms with Gasteiger partial charge < -0.3 is 10.1 Å². The number of hydrogen-bond donors (Lipinski definition) is 1. The zero-order valence-corrected chi connectivity index (χ0v) is 16.7. The molecule has 0 saturated heterocycles. The molecule has 2 aromatic carbocycles. The summed E-state index contributed by atoms with van der Waals surface area (Å²) in [6.45, 7) is 5.35. The van der Waals surface area contributed by atoms with E-state index in [1.165, 1.54) is 5.82 Å². The van der Waals surface area contributed by atoms with Crippen LogP contribution in [0, 0.1) is 13.8 Å². The van der Waals surface area contributed by atoms with Gasteiger partial charge in [-0.15, -0.1) is 0 Å². The van der Waals surface area contributed by atoms with Gasteiger partial charge in [0.2, 0.25) is 0 Å². The quantitative estimate of drug-likeness (QED) is 0.691. The molecule has 0 radical (unpaired) electrons. The molecule has 3 aromatic rings. The Morgan fingerprint density at radius 2 is 1.86 bits per heavy atom. The molecule has 0 aliphatic carbocycles. The molecule has 5 heteroatoms. The molecule has 1 aliphatic rings. The number of anilines is 1. The van der Waals surface area contributed by atoms with E-state index in [-0.39, 0.29) is 5.91 Å². The van der Waals surface area contributed by atoms with E-state index in [1.807, 2.05) is 44.2 Å². The Balaban J connectivity index is 1.59. The highest BCUT2D eigenvalue weighted by atomic mass is 16.5. The van der Waals surface area contributed by atoms with Crippen molar-refractivity contribution in [1.29, 1.82) is 0 Å². The fraction of sp³-hybridized carbons (Fsp3) is 0.304. The number of imidazole rings is 1. The van der Waals surface area contributed by atoms with Crippen LogP contribution in [0.2, 0.25) is 0 Å². The van der Waals surface area contributed by atoms with Gasteiger partial charge in [-0.25, -0.2) is 9.13 Å². The van der Waals surface area contributed by atoms with Gasteiger partial charge >= 0.3 is 0 Å². The molecular formula is C23H26N3O2+. The van der Waals surface area contributed by atoms with E-state index in [0.717, 1.165) is 53.2 Å². The van der Waals surface area contributed by atoms with Crippen LogP contribution in [0.3, 0.4) is 0 Å². The van der Waals surface area contributed by atoms with E-state index in [1.54, 1.807) is 7.11 Å². The third-order valence-electron chi connectivity index (χ3n) is 5.44. The van der Waals surface area contributed by atoms with Crippen molar-refractivity contribution in [3.63, 3.8) is 0 Å². The van der Waals surface area contributed by atoms with Gasteiger partial charge in [0.15, 0.2) is 12.2 Å². The topological polar surface area (TPSA) is 47.1 Å². The third-order valence-corrected chi connectivity index (χ3v) is 5.44. The van der Waals surface area contributed by atoms with E-state index >= 15 is 0 Å². The van der Waals surface area contributed by atoms with Crippen molar-refractivity contribution in [2.45, 2.75) is 39.8 Å². The molecule has 0 atom stereocenters. The molecule has 1 aromatic heterocycles. The Kier molecular flexibility index (Phi) is 4.90. The number of aryl methyl sites for hydroxylation is 2. The summed E-state index contributed by atoms with van der Waals surface area (Å²) in [6.07, 6.45) is 4.20. The number of carbonyl (C=O) groups is 1. The predicted octanol–water partition coefficient (Wildman–Crippen LogP) is 3.65. The zero-order valence-electron chi connectivity index (χ0n) is 16.7. The van der Waals surface area contributed by atoms with Gasteiger partial charge in [-0.3, -0.25) is 4.79 Å². The van der Waals surface area contributed by atoms with Gasteiger partial charge in [0.1, 0.15) is 11.9 Å². The Labute approximate surface area is 165 Å². The molecule has 4 rings (SSSR count). The maximum absolute atomic E-state index is 12.8. The summed E-state index contributed by atoms with van der Waals surface area (Å²) in [4.78, 5) is 12.8. The number of ether oxygens (including phenoxy) is 1. The van der Waals surface area contributed by atoms with Gasteiger partial charge in [0.05, 0.1) is 20.1 Å². The van der Waals surface area contributed by atoms with Crippen LogP contribution < -0.4 is 14.6 Å². The lowest BCUT2D eigenvalue weighted by atomic mass is 10.1. The summed E-state index contributed by atoms with van der Waals surface area (Å²) in [5.74, 6) is 2.06. The highest BCUT2D eigenvalue weighted by molar-refractivity contribution is 5.91. The van der Waals surface area contributed by atoms with Crippen molar-refractivity contribution in [2.75, 3.05) is 12.4 Å². The van der Waals surface area contributed by atoms with E-state index in [2.05, 4.69) is 32.8 Å². The lowest BCUT2D eigenvalue weighted by Crippen LogP contribution is -2.42. The molecule has 0 spiro atoms.